The van der Waals surface area contributed by atoms with Gasteiger partial charge in [0.25, 0.3) is 0 Å². The summed E-state index contributed by atoms with van der Waals surface area (Å²) in [6.45, 7) is 29.0. The number of nitrogens with zero attached hydrogens (tertiary/aromatic N) is 4. The molecule has 2 saturated heterocycles. The van der Waals surface area contributed by atoms with Crippen LogP contribution in [0.15, 0.2) is 0 Å². The third-order valence-electron chi connectivity index (χ3n) is 8.69. The summed E-state index contributed by atoms with van der Waals surface area (Å²) in [6.07, 6.45) is 0. The number of hydrogen-bond acceptors (Lipinski definition) is 6. The summed E-state index contributed by atoms with van der Waals surface area (Å²) in [5, 5.41) is 0. The Morgan fingerprint density at radius 3 is 1.24 bits per heavy atom. The Labute approximate surface area is 239 Å². The van der Waals surface area contributed by atoms with Gasteiger partial charge in [-0.2, -0.15) is 0 Å². The second-order valence-electron chi connectivity index (χ2n) is 15.8. The van der Waals surface area contributed by atoms with Crippen LogP contribution >= 0.6 is 0 Å². The maximum absolute atomic E-state index is 7.57. The zero-order valence-corrected chi connectivity index (χ0v) is 33.2. The van der Waals surface area contributed by atoms with E-state index in [9.17, 15) is 0 Å². The summed E-state index contributed by atoms with van der Waals surface area (Å²) in [5.41, 5.74) is 1.04. The lowest BCUT2D eigenvalue weighted by atomic mass is 9.96. The van der Waals surface area contributed by atoms with Gasteiger partial charge in [0, 0.05) is 37.6 Å². The van der Waals surface area contributed by atoms with E-state index in [2.05, 4.69) is 114 Å². The second-order valence-corrected chi connectivity index (χ2v) is 33.2. The molecule has 0 aliphatic carbocycles. The minimum Gasteiger partial charge on any atom is -0.391 e. The minimum absolute atomic E-state index is 0.112. The van der Waals surface area contributed by atoms with Gasteiger partial charge in [-0.1, -0.05) is 79.8 Å². The molecule has 0 aromatic heterocycles. The molecule has 0 bridgehead atoms. The second kappa shape index (κ2) is 12.8. The van der Waals surface area contributed by atoms with Crippen molar-refractivity contribution in [1.29, 1.82) is 0 Å². The molecule has 0 saturated carbocycles. The van der Waals surface area contributed by atoms with Gasteiger partial charge in [-0.05, 0) is 51.1 Å². The molecule has 0 spiro atoms. The largest absolute Gasteiger partial charge is 0.391 e. The maximum Gasteiger partial charge on any atom is 0.372 e. The van der Waals surface area contributed by atoms with E-state index in [0.29, 0.717) is 11.3 Å². The van der Waals surface area contributed by atoms with E-state index in [1.165, 1.54) is 24.2 Å². The Hall–Kier alpha value is 0.844. The van der Waals surface area contributed by atoms with Crippen LogP contribution in [0.5, 0.6) is 0 Å². The summed E-state index contributed by atoms with van der Waals surface area (Å²) < 4.78 is 21.4. The fourth-order valence-corrected chi connectivity index (χ4v) is 37.6. The SMILES string of the molecule is CN(C)CCO[Si](OCCN(C)C)(C(N1[SiH2]CC[Si]1(C)C)C(C)(C)C)C(N1[SiH2]CC[Si]1(C)C)C(C)(C)C. The summed E-state index contributed by atoms with van der Waals surface area (Å²) in [4.78, 5) is 4.56. The smallest absolute Gasteiger partial charge is 0.372 e. The fourth-order valence-electron chi connectivity index (χ4n) is 7.07. The molecule has 2 heterocycles. The normalized spacial score (nSPS) is 24.6. The first-order chi connectivity index (χ1) is 16.8. The van der Waals surface area contributed by atoms with E-state index in [4.69, 9.17) is 8.85 Å². The Balaban J connectivity index is 2.84. The van der Waals surface area contributed by atoms with Gasteiger partial charge in [-0.3, -0.25) is 0 Å². The highest BCUT2D eigenvalue weighted by Gasteiger charge is 2.66. The maximum atomic E-state index is 7.57. The van der Waals surface area contributed by atoms with Crippen LogP contribution in [-0.4, -0.2) is 128 Å². The van der Waals surface area contributed by atoms with Gasteiger partial charge in [-0.15, -0.1) is 0 Å². The van der Waals surface area contributed by atoms with E-state index in [-0.39, 0.29) is 30.2 Å². The van der Waals surface area contributed by atoms with Crippen LogP contribution in [0.1, 0.15) is 41.5 Å². The average Bonchev–Trinajstić information content (AvgIpc) is 3.20. The Kier molecular flexibility index (Phi) is 11.8. The van der Waals surface area contributed by atoms with Crippen molar-refractivity contribution >= 4 is 44.4 Å². The van der Waals surface area contributed by atoms with Crippen molar-refractivity contribution in [2.45, 2.75) is 103 Å². The van der Waals surface area contributed by atoms with Crippen LogP contribution in [0.3, 0.4) is 0 Å². The standard InChI is InChI=1S/C26H64N4O2Si5/c1-25(2,3)23(29-33-19-21-35(29,11)12)37(31-17-15-27(7)8,32-18-16-28(9)10)24(26(4,5)6)30-34-20-22-36(30,13)14/h23-24H,15-22,33-34H2,1-14H3. The molecule has 220 valence electrons. The highest BCUT2D eigenvalue weighted by atomic mass is 28.4. The Morgan fingerprint density at radius 2 is 1.03 bits per heavy atom. The summed E-state index contributed by atoms with van der Waals surface area (Å²) in [7, 11) is 2.26. The van der Waals surface area contributed by atoms with E-state index in [0.717, 1.165) is 26.3 Å². The third kappa shape index (κ3) is 8.43. The number of likely N-dealkylation sites (N-methyl/N-ethyl adjacent to an activating group) is 2. The lowest BCUT2D eigenvalue weighted by Crippen LogP contribution is -2.80. The van der Waals surface area contributed by atoms with E-state index in [1.54, 1.807) is 0 Å². The third-order valence-corrected chi connectivity index (χ3v) is 32.8. The predicted octanol–water partition coefficient (Wildman–Crippen LogP) is 3.54. The molecule has 37 heavy (non-hydrogen) atoms. The molecule has 0 amide bonds. The van der Waals surface area contributed by atoms with Crippen molar-refractivity contribution in [3.05, 3.63) is 0 Å². The average molecular weight is 605 g/mol. The van der Waals surface area contributed by atoms with Crippen LogP contribution in [-0.2, 0) is 8.85 Å². The lowest BCUT2D eigenvalue weighted by molar-refractivity contribution is 0.0749. The van der Waals surface area contributed by atoms with Crippen molar-refractivity contribution in [3.8, 4) is 0 Å². The Bertz CT molecular complexity index is 665. The number of rotatable bonds is 12. The van der Waals surface area contributed by atoms with Gasteiger partial charge in [0.2, 0.25) is 0 Å². The fraction of sp³-hybridized carbons (Fsp3) is 1.00. The summed E-state index contributed by atoms with van der Waals surface area (Å²) in [5.74, 6) is 0. The quantitative estimate of drug-likeness (QED) is 0.317. The zero-order chi connectivity index (χ0) is 28.4. The van der Waals surface area contributed by atoms with Gasteiger partial charge in [0.05, 0.1) is 19.4 Å². The van der Waals surface area contributed by atoms with Crippen molar-refractivity contribution in [2.24, 2.45) is 10.8 Å². The molecule has 2 aliphatic rings. The highest BCUT2D eigenvalue weighted by molar-refractivity contribution is 6.88. The van der Waals surface area contributed by atoms with Crippen molar-refractivity contribution in [1.82, 2.24) is 18.3 Å². The number of hydrogen-bond donors (Lipinski definition) is 0. The van der Waals surface area contributed by atoms with Crippen LogP contribution in [0.25, 0.3) is 0 Å². The van der Waals surface area contributed by atoms with E-state index < -0.39 is 25.0 Å². The van der Waals surface area contributed by atoms with E-state index in [1.807, 2.05) is 0 Å². The molecule has 0 N–H and O–H groups in total. The first kappa shape index (κ1) is 34.0. The first-order valence-electron chi connectivity index (χ1n) is 14.9. The van der Waals surface area contributed by atoms with Gasteiger partial charge in [-0.25, -0.2) is 0 Å². The monoisotopic (exact) mass is 604 g/mol. The lowest BCUT2D eigenvalue weighted by Gasteiger charge is -2.59. The molecule has 0 aromatic carbocycles. The molecule has 2 rings (SSSR count). The van der Waals surface area contributed by atoms with Gasteiger partial charge < -0.3 is 27.1 Å². The molecule has 0 radical (unpaired) electrons. The van der Waals surface area contributed by atoms with Crippen molar-refractivity contribution in [3.63, 3.8) is 0 Å². The van der Waals surface area contributed by atoms with Crippen LogP contribution in [0.4, 0.5) is 0 Å². The molecule has 6 nitrogen and oxygen atoms in total. The molecule has 2 atom stereocenters. The first-order valence-corrected chi connectivity index (χ1v) is 26.4. The van der Waals surface area contributed by atoms with Crippen molar-refractivity contribution in [2.75, 3.05) is 54.5 Å². The molecule has 0 aromatic rings. The van der Waals surface area contributed by atoms with Crippen LogP contribution in [0, 0.1) is 10.8 Å². The summed E-state index contributed by atoms with van der Waals surface area (Å²) >= 11 is 0. The van der Waals surface area contributed by atoms with Crippen LogP contribution in [0.2, 0.25) is 50.4 Å². The van der Waals surface area contributed by atoms with Crippen LogP contribution < -0.4 is 0 Å². The van der Waals surface area contributed by atoms with Gasteiger partial charge in [0.15, 0.2) is 0 Å². The molecule has 2 unspecified atom stereocenters. The van der Waals surface area contributed by atoms with E-state index >= 15 is 0 Å². The molecular formula is C26H64N4O2Si5. The molecule has 11 heteroatoms. The van der Waals surface area contributed by atoms with Crippen molar-refractivity contribution < 1.29 is 8.85 Å². The Morgan fingerprint density at radius 1 is 0.703 bits per heavy atom. The zero-order valence-electron chi connectivity index (χ0n) is 27.3. The molecular weight excluding hydrogens is 541 g/mol. The minimum atomic E-state index is -2.83. The molecule has 2 aliphatic heterocycles. The topological polar surface area (TPSA) is 31.4 Å². The summed E-state index contributed by atoms with van der Waals surface area (Å²) in [6, 6.07) is 5.82. The highest BCUT2D eigenvalue weighted by Crippen LogP contribution is 2.47. The van der Waals surface area contributed by atoms with Gasteiger partial charge >= 0.3 is 8.56 Å². The molecule has 2 fully saturated rings. The van der Waals surface area contributed by atoms with Gasteiger partial charge in [0.1, 0.15) is 16.5 Å². The predicted molar refractivity (Wildman–Crippen MR) is 176 cm³/mol.